The summed E-state index contributed by atoms with van der Waals surface area (Å²) in [6.45, 7) is 2.89. The van der Waals surface area contributed by atoms with Crippen molar-refractivity contribution in [2.45, 2.75) is 37.9 Å². The van der Waals surface area contributed by atoms with Crippen molar-refractivity contribution < 1.29 is 29.2 Å². The van der Waals surface area contributed by atoms with Gasteiger partial charge in [0.25, 0.3) is 0 Å². The summed E-state index contributed by atoms with van der Waals surface area (Å²) in [5.41, 5.74) is 0.440. The maximum absolute atomic E-state index is 11.9. The van der Waals surface area contributed by atoms with Gasteiger partial charge in [0, 0.05) is 0 Å². The van der Waals surface area contributed by atoms with Crippen molar-refractivity contribution in [1.29, 1.82) is 0 Å². The van der Waals surface area contributed by atoms with E-state index in [1.54, 1.807) is 44.2 Å². The van der Waals surface area contributed by atoms with E-state index in [-0.39, 0.29) is 6.61 Å². The summed E-state index contributed by atoms with van der Waals surface area (Å²) in [6.07, 6.45) is -2.46. The zero-order chi connectivity index (χ0) is 15.5. The summed E-state index contributed by atoms with van der Waals surface area (Å²) in [5.74, 6) is -1.37. The predicted molar refractivity (Wildman–Crippen MR) is 73.6 cm³/mol. The number of carbonyl (C=O) groups is 1. The largest absolute Gasteiger partial charge is 0.459 e. The molecule has 0 saturated carbocycles. The average molecular weight is 296 g/mol. The highest BCUT2D eigenvalue weighted by Crippen LogP contribution is 2.30. The fourth-order valence-corrected chi connectivity index (χ4v) is 2.24. The van der Waals surface area contributed by atoms with Crippen LogP contribution in [0.15, 0.2) is 30.3 Å². The minimum absolute atomic E-state index is 0.0567. The lowest BCUT2D eigenvalue weighted by Gasteiger charge is -2.20. The number of rotatable bonds is 5. The molecule has 1 fully saturated rings. The molecule has 0 unspecified atom stereocenters. The SMILES string of the molecule is CC1(C)O[C@H]([C@H](O)CO)[C@H](COC(=O)c2ccccc2)O1. The molecule has 0 radical (unpaired) electrons. The van der Waals surface area contributed by atoms with Crippen molar-refractivity contribution in [2.24, 2.45) is 0 Å². The van der Waals surface area contributed by atoms with Crippen LogP contribution in [0, 0.1) is 0 Å². The second kappa shape index (κ2) is 6.53. The molecule has 1 heterocycles. The Hall–Kier alpha value is -1.47. The molecule has 1 aliphatic rings. The average Bonchev–Trinajstić information content (AvgIpc) is 2.80. The Morgan fingerprint density at radius 1 is 1.33 bits per heavy atom. The zero-order valence-corrected chi connectivity index (χ0v) is 12.1. The van der Waals surface area contributed by atoms with Crippen LogP contribution >= 0.6 is 0 Å². The molecule has 1 aromatic rings. The molecule has 0 spiro atoms. The first-order chi connectivity index (χ1) is 9.93. The molecule has 3 atom stereocenters. The van der Waals surface area contributed by atoms with Gasteiger partial charge < -0.3 is 24.4 Å². The Morgan fingerprint density at radius 2 is 2.00 bits per heavy atom. The molecule has 2 rings (SSSR count). The summed E-state index contributed by atoms with van der Waals surface area (Å²) in [6, 6.07) is 8.60. The molecule has 1 aliphatic heterocycles. The van der Waals surface area contributed by atoms with Crippen LogP contribution in [0.25, 0.3) is 0 Å². The first-order valence-corrected chi connectivity index (χ1v) is 6.79. The van der Waals surface area contributed by atoms with Crippen LogP contribution in [0.3, 0.4) is 0 Å². The molecule has 1 aromatic carbocycles. The minimum Gasteiger partial charge on any atom is -0.459 e. The molecule has 0 aliphatic carbocycles. The minimum atomic E-state index is -1.09. The standard InChI is InChI=1S/C15H20O6/c1-15(2)20-12(13(21-15)11(17)8-16)9-19-14(18)10-6-4-3-5-7-10/h3-7,11-13,16-17H,8-9H2,1-2H3/t11-,12+,13-/m1/s1. The summed E-state index contributed by atoms with van der Waals surface area (Å²) in [4.78, 5) is 11.9. The van der Waals surface area contributed by atoms with Crippen LogP contribution in [0.1, 0.15) is 24.2 Å². The third kappa shape index (κ3) is 4.01. The van der Waals surface area contributed by atoms with E-state index in [0.717, 1.165) is 0 Å². The summed E-state index contributed by atoms with van der Waals surface area (Å²) in [5, 5.41) is 18.8. The van der Waals surface area contributed by atoms with Gasteiger partial charge in [-0.1, -0.05) is 18.2 Å². The lowest BCUT2D eigenvalue weighted by Crippen LogP contribution is -2.40. The molecule has 6 nitrogen and oxygen atoms in total. The fraction of sp³-hybridized carbons (Fsp3) is 0.533. The van der Waals surface area contributed by atoms with Crippen molar-refractivity contribution in [3.63, 3.8) is 0 Å². The number of hydrogen-bond donors (Lipinski definition) is 2. The quantitative estimate of drug-likeness (QED) is 0.779. The van der Waals surface area contributed by atoms with Gasteiger partial charge in [-0.25, -0.2) is 4.79 Å². The highest BCUT2D eigenvalue weighted by Gasteiger charge is 2.45. The molecule has 0 bridgehead atoms. The Morgan fingerprint density at radius 3 is 2.62 bits per heavy atom. The van der Waals surface area contributed by atoms with E-state index < -0.39 is 36.7 Å². The van der Waals surface area contributed by atoms with Crippen LogP contribution in [0.5, 0.6) is 0 Å². The van der Waals surface area contributed by atoms with Crippen molar-refractivity contribution in [3.8, 4) is 0 Å². The number of benzene rings is 1. The van der Waals surface area contributed by atoms with E-state index >= 15 is 0 Å². The molecular formula is C15H20O6. The second-order valence-electron chi connectivity index (χ2n) is 5.35. The van der Waals surface area contributed by atoms with E-state index in [1.165, 1.54) is 0 Å². The monoisotopic (exact) mass is 296 g/mol. The summed E-state index contributed by atoms with van der Waals surface area (Å²) in [7, 11) is 0. The van der Waals surface area contributed by atoms with E-state index in [1.807, 2.05) is 0 Å². The highest BCUT2D eigenvalue weighted by atomic mass is 16.8. The van der Waals surface area contributed by atoms with Crippen LogP contribution in [0.2, 0.25) is 0 Å². The van der Waals surface area contributed by atoms with E-state index in [2.05, 4.69) is 0 Å². The van der Waals surface area contributed by atoms with Crippen molar-refractivity contribution in [3.05, 3.63) is 35.9 Å². The van der Waals surface area contributed by atoms with Gasteiger partial charge in [-0.3, -0.25) is 0 Å². The topological polar surface area (TPSA) is 85.2 Å². The smallest absolute Gasteiger partial charge is 0.338 e. The van der Waals surface area contributed by atoms with Crippen molar-refractivity contribution in [1.82, 2.24) is 0 Å². The highest BCUT2D eigenvalue weighted by molar-refractivity contribution is 5.89. The molecule has 2 N–H and O–H groups in total. The van der Waals surface area contributed by atoms with E-state index in [0.29, 0.717) is 5.56 Å². The fourth-order valence-electron chi connectivity index (χ4n) is 2.24. The first kappa shape index (κ1) is 15.9. The third-order valence-corrected chi connectivity index (χ3v) is 3.18. The second-order valence-corrected chi connectivity index (χ2v) is 5.35. The molecular weight excluding hydrogens is 276 g/mol. The third-order valence-electron chi connectivity index (χ3n) is 3.18. The summed E-state index contributed by atoms with van der Waals surface area (Å²) >= 11 is 0. The van der Waals surface area contributed by atoms with Gasteiger partial charge >= 0.3 is 5.97 Å². The van der Waals surface area contributed by atoms with E-state index in [9.17, 15) is 9.90 Å². The number of carbonyl (C=O) groups excluding carboxylic acids is 1. The Labute approximate surface area is 123 Å². The van der Waals surface area contributed by atoms with Crippen LogP contribution in [-0.4, -0.2) is 53.5 Å². The molecule has 6 heteroatoms. The maximum atomic E-state index is 11.9. The van der Waals surface area contributed by atoms with Crippen molar-refractivity contribution >= 4 is 5.97 Å². The van der Waals surface area contributed by atoms with Gasteiger partial charge in [-0.15, -0.1) is 0 Å². The van der Waals surface area contributed by atoms with Crippen LogP contribution < -0.4 is 0 Å². The van der Waals surface area contributed by atoms with Gasteiger partial charge in [-0.2, -0.15) is 0 Å². The van der Waals surface area contributed by atoms with Gasteiger partial charge in [0.15, 0.2) is 5.79 Å². The normalized spacial score (nSPS) is 25.5. The number of hydrogen-bond acceptors (Lipinski definition) is 6. The number of aliphatic hydroxyl groups is 2. The van der Waals surface area contributed by atoms with Gasteiger partial charge in [-0.05, 0) is 26.0 Å². The van der Waals surface area contributed by atoms with Gasteiger partial charge in [0.05, 0.1) is 12.2 Å². The number of esters is 1. The van der Waals surface area contributed by atoms with Gasteiger partial charge in [0.1, 0.15) is 24.9 Å². The molecule has 0 amide bonds. The van der Waals surface area contributed by atoms with Crippen LogP contribution in [-0.2, 0) is 14.2 Å². The van der Waals surface area contributed by atoms with E-state index in [4.69, 9.17) is 19.3 Å². The van der Waals surface area contributed by atoms with Gasteiger partial charge in [0.2, 0.25) is 0 Å². The van der Waals surface area contributed by atoms with Crippen LogP contribution in [0.4, 0.5) is 0 Å². The summed E-state index contributed by atoms with van der Waals surface area (Å²) < 4.78 is 16.3. The number of aliphatic hydroxyl groups excluding tert-OH is 2. The molecule has 0 aromatic heterocycles. The Kier molecular flexibility index (Phi) is 4.95. The molecule has 1 saturated heterocycles. The van der Waals surface area contributed by atoms with Crippen molar-refractivity contribution in [2.75, 3.05) is 13.2 Å². The zero-order valence-electron chi connectivity index (χ0n) is 12.1. The number of ether oxygens (including phenoxy) is 3. The predicted octanol–water partition coefficient (Wildman–Crippen LogP) is 0.717. The first-order valence-electron chi connectivity index (χ1n) is 6.79. The maximum Gasteiger partial charge on any atom is 0.338 e. The Bertz CT molecular complexity index is 472. The molecule has 116 valence electrons. The molecule has 21 heavy (non-hydrogen) atoms. The lowest BCUT2D eigenvalue weighted by molar-refractivity contribution is -0.158. The lowest BCUT2D eigenvalue weighted by atomic mass is 10.1. The Balaban J connectivity index is 1.96.